The molecule has 0 heterocycles. The number of nitrogens with one attached hydrogen (secondary N) is 2. The molecule has 3 amide bonds. The second kappa shape index (κ2) is 7.02. The number of ketones is 1. The Morgan fingerprint density at radius 1 is 1.09 bits per heavy atom. The lowest BCUT2D eigenvalue weighted by atomic mass is 10.1. The van der Waals surface area contributed by atoms with Gasteiger partial charge in [0.25, 0.3) is 5.91 Å². The fraction of sp³-hybridized carbons (Fsp3) is 0.0625. The molecule has 0 spiro atoms. The number of hydrogen-bond donors (Lipinski definition) is 2. The highest BCUT2D eigenvalue weighted by molar-refractivity contribution is 6.34. The van der Waals surface area contributed by atoms with Gasteiger partial charge in [-0.2, -0.15) is 0 Å². The molecule has 5 nitrogen and oxygen atoms in total. The van der Waals surface area contributed by atoms with Crippen LogP contribution >= 0.6 is 11.6 Å². The van der Waals surface area contributed by atoms with Crippen LogP contribution < -0.4 is 10.6 Å². The van der Waals surface area contributed by atoms with Crippen molar-refractivity contribution in [3.05, 3.63) is 64.4 Å². The highest BCUT2D eigenvalue weighted by Gasteiger charge is 2.18. The molecular weight excluding hydrogens is 323 g/mol. The largest absolute Gasteiger partial charge is 0.326 e. The van der Waals surface area contributed by atoms with Crippen LogP contribution in [0.3, 0.4) is 0 Å². The number of Topliss-reactive ketones (excluding diaryl/α,β-unsaturated/α-hetero) is 1. The Hall–Kier alpha value is -2.73. The minimum Gasteiger partial charge on any atom is -0.308 e. The number of hydrogen-bond acceptors (Lipinski definition) is 3. The maximum absolute atomic E-state index is 13.6. The number of imide groups is 1. The smallest absolute Gasteiger partial charge is 0.308 e. The number of anilines is 1. The van der Waals surface area contributed by atoms with Crippen LogP contribution in [0.15, 0.2) is 42.5 Å². The first-order valence-electron chi connectivity index (χ1n) is 6.56. The van der Waals surface area contributed by atoms with Gasteiger partial charge in [-0.25, -0.2) is 9.18 Å². The van der Waals surface area contributed by atoms with Crippen molar-refractivity contribution in [2.45, 2.75) is 6.92 Å². The third-order valence-electron chi connectivity index (χ3n) is 2.94. The summed E-state index contributed by atoms with van der Waals surface area (Å²) < 4.78 is 13.6. The molecule has 0 saturated carbocycles. The van der Waals surface area contributed by atoms with Gasteiger partial charge < -0.3 is 5.32 Å². The third-order valence-corrected chi connectivity index (χ3v) is 3.26. The summed E-state index contributed by atoms with van der Waals surface area (Å²) in [6, 6.07) is 9.08. The van der Waals surface area contributed by atoms with Crippen LogP contribution in [0, 0.1) is 5.82 Å². The van der Waals surface area contributed by atoms with E-state index in [1.54, 1.807) is 18.2 Å². The Bertz CT molecular complexity index is 772. The van der Waals surface area contributed by atoms with Gasteiger partial charge in [0.05, 0.1) is 10.6 Å². The lowest BCUT2D eigenvalue weighted by Gasteiger charge is -2.09. The van der Waals surface area contributed by atoms with Gasteiger partial charge in [0.15, 0.2) is 5.78 Å². The van der Waals surface area contributed by atoms with Crippen LogP contribution in [0.2, 0.25) is 5.02 Å². The number of carbonyl (C=O) groups excluding carboxylic acids is 3. The van der Waals surface area contributed by atoms with E-state index in [-0.39, 0.29) is 10.8 Å². The molecule has 118 valence electrons. The van der Waals surface area contributed by atoms with Crippen molar-refractivity contribution in [1.82, 2.24) is 5.32 Å². The molecule has 2 aromatic rings. The van der Waals surface area contributed by atoms with Gasteiger partial charge in [-0.15, -0.1) is 0 Å². The first kappa shape index (κ1) is 16.6. The monoisotopic (exact) mass is 334 g/mol. The average Bonchev–Trinajstić information content (AvgIpc) is 2.47. The van der Waals surface area contributed by atoms with E-state index < -0.39 is 23.3 Å². The van der Waals surface area contributed by atoms with Gasteiger partial charge in [0.2, 0.25) is 0 Å². The second-order valence-corrected chi connectivity index (χ2v) is 5.05. The highest BCUT2D eigenvalue weighted by atomic mass is 35.5. The lowest BCUT2D eigenvalue weighted by molar-refractivity contribution is 0.0961. The summed E-state index contributed by atoms with van der Waals surface area (Å²) in [6.45, 7) is 1.39. The van der Waals surface area contributed by atoms with Gasteiger partial charge in [0, 0.05) is 11.3 Å². The van der Waals surface area contributed by atoms with Crippen LogP contribution in [-0.2, 0) is 0 Å². The van der Waals surface area contributed by atoms with Crippen LogP contribution in [0.4, 0.5) is 14.9 Å². The van der Waals surface area contributed by atoms with E-state index in [4.69, 9.17) is 11.6 Å². The molecule has 2 N–H and O–H groups in total. The zero-order valence-corrected chi connectivity index (χ0v) is 12.8. The molecule has 0 saturated heterocycles. The van der Waals surface area contributed by atoms with E-state index in [0.29, 0.717) is 11.3 Å². The Kier molecular flexibility index (Phi) is 5.08. The molecule has 0 aliphatic heterocycles. The molecule has 0 aliphatic rings. The third kappa shape index (κ3) is 4.14. The first-order chi connectivity index (χ1) is 10.9. The summed E-state index contributed by atoms with van der Waals surface area (Å²) in [5.41, 5.74) is 0.315. The number of urea groups is 1. The number of rotatable bonds is 3. The Labute approximate surface area is 136 Å². The zero-order valence-electron chi connectivity index (χ0n) is 12.0. The van der Waals surface area contributed by atoms with Crippen molar-refractivity contribution in [3.63, 3.8) is 0 Å². The quantitative estimate of drug-likeness (QED) is 0.841. The topological polar surface area (TPSA) is 75.3 Å². The van der Waals surface area contributed by atoms with Crippen LogP contribution in [-0.4, -0.2) is 17.7 Å². The van der Waals surface area contributed by atoms with E-state index in [9.17, 15) is 18.8 Å². The molecule has 7 heteroatoms. The van der Waals surface area contributed by atoms with E-state index in [1.807, 2.05) is 5.32 Å². The van der Waals surface area contributed by atoms with E-state index >= 15 is 0 Å². The van der Waals surface area contributed by atoms with Crippen LogP contribution in [0.5, 0.6) is 0 Å². The molecule has 0 bridgehead atoms. The van der Waals surface area contributed by atoms with Crippen molar-refractivity contribution >= 4 is 35.0 Å². The van der Waals surface area contributed by atoms with Gasteiger partial charge in [-0.1, -0.05) is 29.8 Å². The highest BCUT2D eigenvalue weighted by Crippen LogP contribution is 2.18. The number of halogens is 2. The van der Waals surface area contributed by atoms with Gasteiger partial charge in [-0.3, -0.25) is 14.9 Å². The fourth-order valence-corrected chi connectivity index (χ4v) is 2.11. The normalized spacial score (nSPS) is 10.0. The summed E-state index contributed by atoms with van der Waals surface area (Å²) in [4.78, 5) is 35.0. The van der Waals surface area contributed by atoms with E-state index in [1.165, 1.54) is 25.1 Å². The second-order valence-electron chi connectivity index (χ2n) is 4.64. The maximum Gasteiger partial charge on any atom is 0.326 e. The first-order valence-corrected chi connectivity index (χ1v) is 6.93. The standard InChI is InChI=1S/C16H12ClFN2O3/c1-9(21)10-4-2-5-11(8-10)19-16(23)20-15(22)14-12(17)6-3-7-13(14)18/h2-8H,1H3,(H2,19,20,22,23). The number of carbonyl (C=O) groups is 3. The van der Waals surface area contributed by atoms with Crippen LogP contribution in [0.25, 0.3) is 0 Å². The minimum atomic E-state index is -0.965. The molecule has 0 aliphatic carbocycles. The van der Waals surface area contributed by atoms with Gasteiger partial charge >= 0.3 is 6.03 Å². The maximum atomic E-state index is 13.6. The van der Waals surface area contributed by atoms with Crippen molar-refractivity contribution in [2.24, 2.45) is 0 Å². The van der Waals surface area contributed by atoms with Crippen molar-refractivity contribution in [3.8, 4) is 0 Å². The molecule has 2 aromatic carbocycles. The van der Waals surface area contributed by atoms with Crippen molar-refractivity contribution < 1.29 is 18.8 Å². The average molecular weight is 335 g/mol. The molecule has 0 atom stereocenters. The molecule has 0 aromatic heterocycles. The van der Waals surface area contributed by atoms with Gasteiger partial charge in [-0.05, 0) is 31.2 Å². The molecular formula is C16H12ClFN2O3. The number of amides is 3. The van der Waals surface area contributed by atoms with Crippen molar-refractivity contribution in [2.75, 3.05) is 5.32 Å². The molecule has 23 heavy (non-hydrogen) atoms. The Morgan fingerprint density at radius 3 is 2.43 bits per heavy atom. The predicted molar refractivity (Wildman–Crippen MR) is 84.3 cm³/mol. The number of benzene rings is 2. The molecule has 2 rings (SSSR count). The van der Waals surface area contributed by atoms with Crippen LogP contribution in [0.1, 0.15) is 27.6 Å². The van der Waals surface area contributed by atoms with Gasteiger partial charge in [0.1, 0.15) is 5.82 Å². The molecule has 0 radical (unpaired) electrons. The summed E-state index contributed by atoms with van der Waals surface area (Å²) in [6.07, 6.45) is 0. The Balaban J connectivity index is 2.09. The predicted octanol–water partition coefficient (Wildman–Crippen LogP) is 3.64. The minimum absolute atomic E-state index is 0.103. The van der Waals surface area contributed by atoms with E-state index in [0.717, 1.165) is 6.07 Å². The summed E-state index contributed by atoms with van der Waals surface area (Å²) in [5.74, 6) is -1.96. The summed E-state index contributed by atoms with van der Waals surface area (Å²) >= 11 is 5.75. The van der Waals surface area contributed by atoms with E-state index in [2.05, 4.69) is 5.32 Å². The molecule has 0 fully saturated rings. The fourth-order valence-electron chi connectivity index (χ4n) is 1.86. The zero-order chi connectivity index (χ0) is 17.0. The molecule has 0 unspecified atom stereocenters. The van der Waals surface area contributed by atoms with Crippen molar-refractivity contribution in [1.29, 1.82) is 0 Å². The summed E-state index contributed by atoms with van der Waals surface area (Å²) in [5, 5.41) is 4.26. The SMILES string of the molecule is CC(=O)c1cccc(NC(=O)NC(=O)c2c(F)cccc2Cl)c1. The Morgan fingerprint density at radius 2 is 1.78 bits per heavy atom. The summed E-state index contributed by atoms with van der Waals surface area (Å²) in [7, 11) is 0. The lowest BCUT2D eigenvalue weighted by Crippen LogP contribution is -2.35.